The van der Waals surface area contributed by atoms with Gasteiger partial charge in [-0.3, -0.25) is 14.2 Å². The molecular weight excluding hydrogens is 462 g/mol. The van der Waals surface area contributed by atoms with Crippen LogP contribution in [0.25, 0.3) is 11.0 Å². The lowest BCUT2D eigenvalue weighted by molar-refractivity contribution is -0.129. The molecule has 3 fully saturated rings. The molecule has 0 aromatic carbocycles. The predicted molar refractivity (Wildman–Crippen MR) is 145 cm³/mol. The summed E-state index contributed by atoms with van der Waals surface area (Å²) in [5.74, 6) is 0.345. The van der Waals surface area contributed by atoms with E-state index in [1.54, 1.807) is 0 Å². The summed E-state index contributed by atoms with van der Waals surface area (Å²) in [6.45, 7) is 11.2. The third-order valence-electron chi connectivity index (χ3n) is 9.82. The van der Waals surface area contributed by atoms with Gasteiger partial charge in [-0.2, -0.15) is 10.2 Å². The van der Waals surface area contributed by atoms with Crippen LogP contribution in [-0.2, 0) is 31.4 Å². The van der Waals surface area contributed by atoms with Crippen molar-refractivity contribution in [3.8, 4) is 0 Å². The van der Waals surface area contributed by atoms with Crippen molar-refractivity contribution in [3.05, 3.63) is 34.9 Å². The summed E-state index contributed by atoms with van der Waals surface area (Å²) in [6.07, 6.45) is 10.7. The van der Waals surface area contributed by atoms with Gasteiger partial charge >= 0.3 is 0 Å². The number of pyridine rings is 1. The van der Waals surface area contributed by atoms with Gasteiger partial charge in [-0.15, -0.1) is 0 Å². The number of nitrogens with one attached hydrogen (secondary N) is 1. The first kappa shape index (κ1) is 24.4. The summed E-state index contributed by atoms with van der Waals surface area (Å²) < 4.78 is 4.22. The molecule has 2 bridgehead atoms. The van der Waals surface area contributed by atoms with E-state index in [0.29, 0.717) is 5.41 Å². The van der Waals surface area contributed by atoms with Gasteiger partial charge in [0, 0.05) is 61.5 Å². The number of fused-ring (bicyclic) bond motifs is 5. The highest BCUT2D eigenvalue weighted by molar-refractivity contribution is 5.89. The van der Waals surface area contributed by atoms with Gasteiger partial charge in [0.1, 0.15) is 0 Å². The van der Waals surface area contributed by atoms with Crippen molar-refractivity contribution in [2.24, 2.45) is 18.4 Å². The largest absolute Gasteiger partial charge is 0.366 e. The molecule has 1 N–H and O–H groups in total. The Hall–Kier alpha value is -2.90. The molecule has 198 valence electrons. The number of amides is 1. The Labute approximate surface area is 219 Å². The summed E-state index contributed by atoms with van der Waals surface area (Å²) in [5.41, 5.74) is 7.50. The van der Waals surface area contributed by atoms with Crippen molar-refractivity contribution < 1.29 is 4.79 Å². The zero-order valence-corrected chi connectivity index (χ0v) is 23.1. The highest BCUT2D eigenvalue weighted by Crippen LogP contribution is 2.53. The van der Waals surface area contributed by atoms with Crippen LogP contribution in [-0.4, -0.2) is 42.5 Å². The average Bonchev–Trinajstić information content (AvgIpc) is 3.42. The maximum absolute atomic E-state index is 12.6. The molecule has 0 spiro atoms. The van der Waals surface area contributed by atoms with Crippen LogP contribution in [0.1, 0.15) is 81.4 Å². The van der Waals surface area contributed by atoms with E-state index >= 15 is 0 Å². The predicted octanol–water partition coefficient (Wildman–Crippen LogP) is 4.60. The SMILES string of the molecule is CC[C@H](C)C(=O)NC12CCC(Cn3nc(C)c4c3CCN(c3cc(C)nc5c3cnn5C)C4)(CC1)CC2. The number of carbonyl (C=O) groups is 1. The van der Waals surface area contributed by atoms with Crippen LogP contribution < -0.4 is 10.2 Å². The van der Waals surface area contributed by atoms with E-state index in [0.717, 1.165) is 74.2 Å². The second-order valence-electron chi connectivity index (χ2n) is 12.2. The zero-order chi connectivity index (χ0) is 25.9. The van der Waals surface area contributed by atoms with Gasteiger partial charge in [0.05, 0.1) is 23.0 Å². The van der Waals surface area contributed by atoms with Gasteiger partial charge in [0.2, 0.25) is 5.91 Å². The first-order valence-electron chi connectivity index (χ1n) is 14.1. The van der Waals surface area contributed by atoms with E-state index < -0.39 is 0 Å². The second kappa shape index (κ2) is 8.84. The van der Waals surface area contributed by atoms with Gasteiger partial charge in [-0.1, -0.05) is 13.8 Å². The smallest absolute Gasteiger partial charge is 0.223 e. The van der Waals surface area contributed by atoms with Crippen LogP contribution in [0.5, 0.6) is 0 Å². The minimum absolute atomic E-state index is 0.0303. The number of rotatable bonds is 6. The van der Waals surface area contributed by atoms with Gasteiger partial charge < -0.3 is 10.2 Å². The van der Waals surface area contributed by atoms with E-state index in [1.807, 2.05) is 24.9 Å². The molecule has 4 aliphatic rings. The van der Waals surface area contributed by atoms with Crippen LogP contribution in [0, 0.1) is 25.2 Å². The Morgan fingerprint density at radius 3 is 2.59 bits per heavy atom. The Bertz CT molecular complexity index is 1330. The average molecular weight is 504 g/mol. The minimum Gasteiger partial charge on any atom is -0.366 e. The number of anilines is 1. The first-order chi connectivity index (χ1) is 17.7. The molecule has 3 saturated carbocycles. The Kier molecular flexibility index (Phi) is 5.84. The first-order valence-corrected chi connectivity index (χ1v) is 14.1. The summed E-state index contributed by atoms with van der Waals surface area (Å²) in [7, 11) is 1.96. The van der Waals surface area contributed by atoms with Gasteiger partial charge in [-0.25, -0.2) is 4.98 Å². The monoisotopic (exact) mass is 503 g/mol. The number of nitrogens with zero attached hydrogens (tertiary/aromatic N) is 6. The van der Waals surface area contributed by atoms with Crippen molar-refractivity contribution in [1.82, 2.24) is 29.9 Å². The van der Waals surface area contributed by atoms with Crippen LogP contribution in [0.3, 0.4) is 0 Å². The quantitative estimate of drug-likeness (QED) is 0.532. The van der Waals surface area contributed by atoms with Crippen LogP contribution in [0.15, 0.2) is 12.3 Å². The minimum atomic E-state index is 0.0303. The van der Waals surface area contributed by atoms with Crippen molar-refractivity contribution in [2.45, 2.75) is 97.7 Å². The van der Waals surface area contributed by atoms with Crippen molar-refractivity contribution in [1.29, 1.82) is 0 Å². The highest BCUT2D eigenvalue weighted by atomic mass is 16.2. The summed E-state index contributed by atoms with van der Waals surface area (Å²) >= 11 is 0. The topological polar surface area (TPSA) is 80.9 Å². The molecule has 8 heteroatoms. The molecule has 3 aliphatic carbocycles. The second-order valence-corrected chi connectivity index (χ2v) is 12.2. The van der Waals surface area contributed by atoms with E-state index in [2.05, 4.69) is 46.8 Å². The highest BCUT2D eigenvalue weighted by Gasteiger charge is 2.50. The molecule has 37 heavy (non-hydrogen) atoms. The standard InChI is InChI=1S/C29H41N7O/c1-6-19(2)27(37)32-29-11-8-28(9-12-29,10-13-29)18-36-24-7-14-35(17-23(24)21(4)33-36)25-15-20(3)31-26-22(25)16-30-34(26)5/h15-16,19H,6-14,17-18H2,1-5H3,(H,32,37)/t19-,28?,29?/m0/s1. The lowest BCUT2D eigenvalue weighted by Gasteiger charge is -2.54. The van der Waals surface area contributed by atoms with Crippen molar-refractivity contribution in [2.75, 3.05) is 11.4 Å². The summed E-state index contributed by atoms with van der Waals surface area (Å²) in [5, 5.41) is 14.2. The molecule has 7 rings (SSSR count). The maximum Gasteiger partial charge on any atom is 0.223 e. The van der Waals surface area contributed by atoms with Crippen molar-refractivity contribution >= 4 is 22.6 Å². The van der Waals surface area contributed by atoms with E-state index in [1.165, 1.54) is 36.2 Å². The van der Waals surface area contributed by atoms with Gasteiger partial charge in [-0.05, 0) is 70.3 Å². The molecule has 3 aromatic rings. The number of hydrogen-bond donors (Lipinski definition) is 1. The number of carbonyl (C=O) groups excluding carboxylic acids is 1. The molecule has 1 aliphatic heterocycles. The molecule has 0 saturated heterocycles. The molecule has 0 unspecified atom stereocenters. The van der Waals surface area contributed by atoms with Crippen LogP contribution >= 0.6 is 0 Å². The fourth-order valence-electron chi connectivity index (χ4n) is 7.06. The summed E-state index contributed by atoms with van der Waals surface area (Å²) in [6, 6.07) is 2.20. The maximum atomic E-state index is 12.6. The lowest BCUT2D eigenvalue weighted by atomic mass is 9.57. The van der Waals surface area contributed by atoms with Crippen LogP contribution in [0.4, 0.5) is 5.69 Å². The third-order valence-corrected chi connectivity index (χ3v) is 9.82. The molecule has 8 nitrogen and oxygen atoms in total. The number of hydrogen-bond acceptors (Lipinski definition) is 5. The third kappa shape index (κ3) is 4.12. The Morgan fingerprint density at radius 2 is 1.89 bits per heavy atom. The fourth-order valence-corrected chi connectivity index (χ4v) is 7.06. The van der Waals surface area contributed by atoms with E-state index in [-0.39, 0.29) is 17.4 Å². The summed E-state index contributed by atoms with van der Waals surface area (Å²) in [4.78, 5) is 19.8. The van der Waals surface area contributed by atoms with Crippen LogP contribution in [0.2, 0.25) is 0 Å². The van der Waals surface area contributed by atoms with Gasteiger partial charge in [0.25, 0.3) is 0 Å². The zero-order valence-electron chi connectivity index (χ0n) is 23.1. The van der Waals surface area contributed by atoms with Crippen molar-refractivity contribution in [3.63, 3.8) is 0 Å². The molecular formula is C29H41N7O. The van der Waals surface area contributed by atoms with Gasteiger partial charge in [0.15, 0.2) is 5.65 Å². The normalized spacial score (nSPS) is 25.9. The molecule has 1 amide bonds. The van der Waals surface area contributed by atoms with E-state index in [4.69, 9.17) is 10.1 Å². The Balaban J connectivity index is 1.19. The molecule has 3 aromatic heterocycles. The molecule has 0 radical (unpaired) electrons. The molecule has 4 heterocycles. The number of aryl methyl sites for hydroxylation is 3. The Morgan fingerprint density at radius 1 is 1.16 bits per heavy atom. The fraction of sp³-hybridized carbons (Fsp3) is 0.655. The number of aromatic nitrogens is 5. The lowest BCUT2D eigenvalue weighted by Crippen LogP contribution is -2.58. The molecule has 1 atom stereocenters. The van der Waals surface area contributed by atoms with E-state index in [9.17, 15) is 4.79 Å².